The number of carbonyl (C=O) groups is 1. The number of likely N-dealkylation sites (N-methyl/N-ethyl adjacent to an activating group) is 1. The number of nitrogens with zero attached hydrogens (tertiary/aromatic N) is 5. The fraction of sp³-hybridized carbons (Fsp3) is 0.320. The van der Waals surface area contributed by atoms with Crippen LogP contribution in [0.3, 0.4) is 0 Å². The van der Waals surface area contributed by atoms with Gasteiger partial charge in [0.2, 0.25) is 0 Å². The fourth-order valence-electron chi connectivity index (χ4n) is 4.85. The second kappa shape index (κ2) is 9.93. The number of nitriles is 1. The van der Waals surface area contributed by atoms with Crippen LogP contribution in [-0.2, 0) is 22.7 Å². The molecule has 4 aromatic rings. The third-order valence-corrected chi connectivity index (χ3v) is 7.96. The number of hydrogen-bond acceptors (Lipinski definition) is 10. The van der Waals surface area contributed by atoms with Crippen molar-refractivity contribution in [2.75, 3.05) is 38.7 Å². The van der Waals surface area contributed by atoms with E-state index in [0.29, 0.717) is 29.7 Å². The molecule has 200 valence electrons. The summed E-state index contributed by atoms with van der Waals surface area (Å²) in [6.45, 7) is 2.34. The van der Waals surface area contributed by atoms with Gasteiger partial charge in [0.05, 0.1) is 54.6 Å². The zero-order valence-electron chi connectivity index (χ0n) is 20.5. The first kappa shape index (κ1) is 25.3. The Balaban J connectivity index is 1.51. The van der Waals surface area contributed by atoms with Crippen LogP contribution >= 0.6 is 11.3 Å². The number of aromatic nitrogens is 3. The minimum atomic E-state index is -1.42. The Kier molecular flexibility index (Phi) is 6.43. The number of anilines is 1. The van der Waals surface area contributed by atoms with E-state index in [1.54, 1.807) is 0 Å². The third kappa shape index (κ3) is 4.29. The zero-order valence-corrected chi connectivity index (χ0v) is 21.3. The summed E-state index contributed by atoms with van der Waals surface area (Å²) in [6, 6.07) is 1.87. The van der Waals surface area contributed by atoms with E-state index in [0.717, 1.165) is 24.1 Å². The van der Waals surface area contributed by atoms with Crippen LogP contribution in [0.25, 0.3) is 32.2 Å². The Morgan fingerprint density at radius 3 is 2.90 bits per heavy atom. The Bertz CT molecular complexity index is 1690. The average molecular weight is 555 g/mol. The Morgan fingerprint density at radius 1 is 1.31 bits per heavy atom. The SMILES string of the molecule is CN1CCOC[C@H]1COc1ncc2c3c(c(-c4ncc(F)c5sc(NC(=O)O)c(C#N)c45)c(F)c2n1)COC3. The molecule has 2 N–H and O–H groups in total. The van der Waals surface area contributed by atoms with E-state index in [2.05, 4.69) is 25.2 Å². The summed E-state index contributed by atoms with van der Waals surface area (Å²) in [5, 5.41) is 21.5. The highest BCUT2D eigenvalue weighted by Crippen LogP contribution is 2.45. The lowest BCUT2D eigenvalue weighted by Gasteiger charge is -2.31. The third-order valence-electron chi connectivity index (χ3n) is 6.84. The van der Waals surface area contributed by atoms with E-state index in [1.165, 1.54) is 6.20 Å². The second-order valence-corrected chi connectivity index (χ2v) is 10.1. The van der Waals surface area contributed by atoms with E-state index in [1.807, 2.05) is 13.1 Å². The number of fused-ring (bicyclic) bond motifs is 4. The Morgan fingerprint density at radius 2 is 2.13 bits per heavy atom. The number of benzene rings is 1. The lowest BCUT2D eigenvalue weighted by Crippen LogP contribution is -2.46. The number of rotatable bonds is 5. The number of halogens is 2. The number of carboxylic acid groups (broad SMARTS) is 1. The number of ether oxygens (including phenoxy) is 3. The van der Waals surface area contributed by atoms with Crippen molar-refractivity contribution in [3.05, 3.63) is 40.7 Å². The van der Waals surface area contributed by atoms with E-state index in [-0.39, 0.29) is 69.3 Å². The van der Waals surface area contributed by atoms with Crippen molar-refractivity contribution >= 4 is 43.4 Å². The largest absolute Gasteiger partial charge is 0.465 e. The number of pyridine rings is 1. The van der Waals surface area contributed by atoms with Crippen LogP contribution in [-0.4, -0.2) is 70.5 Å². The Labute approximate surface area is 223 Å². The molecule has 1 atom stereocenters. The van der Waals surface area contributed by atoms with Gasteiger partial charge in [-0.3, -0.25) is 15.2 Å². The standard InChI is InChI=1S/C25H20F2N6O5S/c1-33-2-3-36-7-11(33)8-38-24-30-5-13-14-9-37-10-15(14)17(19(27)20(13)31-24)21-18-12(4-28)23(32-25(34)35)39-22(18)16(26)6-29-21/h5-6,11,32H,2-3,7-10H2,1H3,(H,34,35)/t11-/m0/s1. The van der Waals surface area contributed by atoms with Gasteiger partial charge in [-0.25, -0.2) is 18.6 Å². The molecule has 0 unspecified atom stereocenters. The molecule has 2 aliphatic rings. The van der Waals surface area contributed by atoms with Crippen molar-refractivity contribution in [3.63, 3.8) is 0 Å². The first-order valence-electron chi connectivity index (χ1n) is 11.9. The minimum absolute atomic E-state index is 0.00115. The average Bonchev–Trinajstić information content (AvgIpc) is 3.54. The molecule has 2 aliphatic heterocycles. The smallest absolute Gasteiger partial charge is 0.409 e. The van der Waals surface area contributed by atoms with E-state index in [9.17, 15) is 19.6 Å². The quantitative estimate of drug-likeness (QED) is 0.373. The van der Waals surface area contributed by atoms with Gasteiger partial charge in [0.1, 0.15) is 23.2 Å². The van der Waals surface area contributed by atoms with Crippen LogP contribution in [0.1, 0.15) is 16.7 Å². The normalized spacial score (nSPS) is 17.3. The molecule has 0 bridgehead atoms. The van der Waals surface area contributed by atoms with Gasteiger partial charge in [-0.05, 0) is 18.2 Å². The maximum absolute atomic E-state index is 16.4. The highest BCUT2D eigenvalue weighted by Gasteiger charge is 2.30. The maximum Gasteiger partial charge on any atom is 0.409 e. The van der Waals surface area contributed by atoms with Crippen molar-refractivity contribution in [2.24, 2.45) is 0 Å². The van der Waals surface area contributed by atoms with Gasteiger partial charge < -0.3 is 19.3 Å². The van der Waals surface area contributed by atoms with Crippen molar-refractivity contribution < 1.29 is 32.9 Å². The predicted octanol–water partition coefficient (Wildman–Crippen LogP) is 3.89. The molecule has 3 aromatic heterocycles. The van der Waals surface area contributed by atoms with Crippen LogP contribution in [0.15, 0.2) is 12.4 Å². The molecular formula is C25H20F2N6O5S. The highest BCUT2D eigenvalue weighted by atomic mass is 32.1. The van der Waals surface area contributed by atoms with Gasteiger partial charge in [0, 0.05) is 29.1 Å². The molecule has 5 heterocycles. The van der Waals surface area contributed by atoms with Crippen LogP contribution in [0, 0.1) is 23.0 Å². The van der Waals surface area contributed by atoms with Gasteiger partial charge in [-0.2, -0.15) is 10.2 Å². The summed E-state index contributed by atoms with van der Waals surface area (Å²) < 4.78 is 48.1. The van der Waals surface area contributed by atoms with Gasteiger partial charge in [-0.15, -0.1) is 11.3 Å². The van der Waals surface area contributed by atoms with Gasteiger partial charge in [-0.1, -0.05) is 0 Å². The molecule has 1 aromatic carbocycles. The van der Waals surface area contributed by atoms with Crippen molar-refractivity contribution in [1.29, 1.82) is 5.26 Å². The molecule has 11 nitrogen and oxygen atoms in total. The van der Waals surface area contributed by atoms with Gasteiger partial charge >= 0.3 is 12.1 Å². The van der Waals surface area contributed by atoms with Crippen molar-refractivity contribution in [2.45, 2.75) is 19.3 Å². The van der Waals surface area contributed by atoms with Gasteiger partial charge in [0.15, 0.2) is 11.6 Å². The first-order valence-corrected chi connectivity index (χ1v) is 12.7. The van der Waals surface area contributed by atoms with Gasteiger partial charge in [0.25, 0.3) is 0 Å². The first-order chi connectivity index (χ1) is 18.9. The topological polar surface area (TPSA) is 143 Å². The monoisotopic (exact) mass is 554 g/mol. The molecule has 39 heavy (non-hydrogen) atoms. The van der Waals surface area contributed by atoms with E-state index >= 15 is 4.39 Å². The zero-order chi connectivity index (χ0) is 27.3. The second-order valence-electron chi connectivity index (χ2n) is 9.08. The molecule has 0 aliphatic carbocycles. The minimum Gasteiger partial charge on any atom is -0.465 e. The van der Waals surface area contributed by atoms with E-state index < -0.39 is 17.7 Å². The Hall–Kier alpha value is -4.03. The molecule has 1 amide bonds. The van der Waals surface area contributed by atoms with Crippen LogP contribution in [0.5, 0.6) is 6.01 Å². The molecule has 14 heteroatoms. The number of nitrogens with one attached hydrogen (secondary N) is 1. The van der Waals surface area contributed by atoms with Crippen molar-refractivity contribution in [3.8, 4) is 23.3 Å². The van der Waals surface area contributed by atoms with Crippen molar-refractivity contribution in [1.82, 2.24) is 19.9 Å². The highest BCUT2D eigenvalue weighted by molar-refractivity contribution is 7.23. The summed E-state index contributed by atoms with van der Waals surface area (Å²) in [5.41, 5.74) is 0.912. The molecule has 0 spiro atoms. The number of amides is 1. The molecule has 1 saturated heterocycles. The lowest BCUT2D eigenvalue weighted by molar-refractivity contribution is -0.0119. The van der Waals surface area contributed by atoms with Crippen LogP contribution in [0.2, 0.25) is 0 Å². The number of thiophene rings is 1. The van der Waals surface area contributed by atoms with E-state index in [4.69, 9.17) is 14.2 Å². The molecule has 6 rings (SSSR count). The molecule has 0 radical (unpaired) electrons. The number of morpholine rings is 1. The van der Waals surface area contributed by atoms with Crippen LogP contribution in [0.4, 0.5) is 18.6 Å². The summed E-state index contributed by atoms with van der Waals surface area (Å²) in [5.74, 6) is -1.53. The predicted molar refractivity (Wildman–Crippen MR) is 136 cm³/mol. The summed E-state index contributed by atoms with van der Waals surface area (Å²) in [4.78, 5) is 26.2. The molecule has 0 saturated carbocycles. The molecular weight excluding hydrogens is 534 g/mol. The fourth-order valence-corrected chi connectivity index (χ4v) is 5.89. The molecule has 1 fully saturated rings. The summed E-state index contributed by atoms with van der Waals surface area (Å²) in [6.07, 6.45) is 0.977. The van der Waals surface area contributed by atoms with Crippen LogP contribution < -0.4 is 10.1 Å². The maximum atomic E-state index is 16.4. The summed E-state index contributed by atoms with van der Waals surface area (Å²) >= 11 is 0.735. The number of hydrogen-bond donors (Lipinski definition) is 2. The lowest BCUT2D eigenvalue weighted by atomic mass is 9.94. The summed E-state index contributed by atoms with van der Waals surface area (Å²) in [7, 11) is 1.96.